The highest BCUT2D eigenvalue weighted by Crippen LogP contribution is 2.31. The molecule has 2 nitrogen and oxygen atoms in total. The van der Waals surface area contributed by atoms with Gasteiger partial charge in [-0.25, -0.2) is 0 Å². The van der Waals surface area contributed by atoms with Crippen molar-refractivity contribution in [1.82, 2.24) is 4.90 Å². The van der Waals surface area contributed by atoms with Crippen LogP contribution in [-0.4, -0.2) is 25.5 Å². The van der Waals surface area contributed by atoms with Crippen LogP contribution in [0.3, 0.4) is 0 Å². The first-order valence-corrected chi connectivity index (χ1v) is 11.2. The van der Waals surface area contributed by atoms with Crippen molar-refractivity contribution >= 4 is 0 Å². The molecular formula is C28H33NO. The lowest BCUT2D eigenvalue weighted by atomic mass is 9.81. The van der Waals surface area contributed by atoms with Gasteiger partial charge >= 0.3 is 0 Å². The third-order valence-electron chi connectivity index (χ3n) is 6.19. The Morgan fingerprint density at radius 3 is 2.40 bits per heavy atom. The van der Waals surface area contributed by atoms with Crippen molar-refractivity contribution in [3.8, 4) is 16.9 Å². The zero-order chi connectivity index (χ0) is 20.8. The van der Waals surface area contributed by atoms with E-state index in [1.54, 1.807) is 0 Å². The highest BCUT2D eigenvalue weighted by molar-refractivity contribution is 5.63. The maximum Gasteiger partial charge on any atom is 0.120 e. The molecule has 0 N–H and O–H groups in total. The van der Waals surface area contributed by atoms with E-state index in [1.165, 1.54) is 66.5 Å². The Balaban J connectivity index is 1.31. The van der Waals surface area contributed by atoms with Gasteiger partial charge in [-0.2, -0.15) is 0 Å². The predicted molar refractivity (Wildman–Crippen MR) is 126 cm³/mol. The SMILES string of the molecule is CN(C)CCCC1CCc2cc(OCc3ccc(-c4ccccc4)cc3)ccc2C1. The first kappa shape index (κ1) is 20.7. The van der Waals surface area contributed by atoms with Crippen molar-refractivity contribution in [3.63, 3.8) is 0 Å². The first-order chi connectivity index (χ1) is 14.7. The van der Waals surface area contributed by atoms with Crippen LogP contribution in [0.5, 0.6) is 5.75 Å². The quantitative estimate of drug-likeness (QED) is 0.436. The summed E-state index contributed by atoms with van der Waals surface area (Å²) in [5.41, 5.74) is 6.70. The van der Waals surface area contributed by atoms with Gasteiger partial charge in [0.15, 0.2) is 0 Å². The molecule has 0 radical (unpaired) electrons. The normalized spacial score (nSPS) is 15.8. The Hall–Kier alpha value is -2.58. The molecule has 0 aliphatic heterocycles. The molecule has 1 unspecified atom stereocenters. The lowest BCUT2D eigenvalue weighted by Crippen LogP contribution is -2.18. The third kappa shape index (κ3) is 5.52. The molecule has 1 aliphatic rings. The molecule has 0 spiro atoms. The van der Waals surface area contributed by atoms with Gasteiger partial charge in [0.25, 0.3) is 0 Å². The van der Waals surface area contributed by atoms with Gasteiger partial charge in [-0.15, -0.1) is 0 Å². The molecule has 4 rings (SSSR count). The predicted octanol–water partition coefficient (Wildman–Crippen LogP) is 6.38. The minimum absolute atomic E-state index is 0.612. The summed E-state index contributed by atoms with van der Waals surface area (Å²) >= 11 is 0. The van der Waals surface area contributed by atoms with Crippen LogP contribution in [0, 0.1) is 5.92 Å². The van der Waals surface area contributed by atoms with Gasteiger partial charge in [0, 0.05) is 0 Å². The van der Waals surface area contributed by atoms with Gasteiger partial charge < -0.3 is 9.64 Å². The number of fused-ring (bicyclic) bond motifs is 1. The minimum Gasteiger partial charge on any atom is -0.489 e. The Bertz CT molecular complexity index is 931. The molecule has 0 amide bonds. The topological polar surface area (TPSA) is 12.5 Å². The van der Waals surface area contributed by atoms with Crippen molar-refractivity contribution in [2.24, 2.45) is 5.92 Å². The average Bonchev–Trinajstić information content (AvgIpc) is 2.78. The smallest absolute Gasteiger partial charge is 0.120 e. The first-order valence-electron chi connectivity index (χ1n) is 11.2. The number of aryl methyl sites for hydroxylation is 1. The minimum atomic E-state index is 0.612. The molecule has 0 bridgehead atoms. The van der Waals surface area contributed by atoms with E-state index in [2.05, 4.69) is 91.8 Å². The Morgan fingerprint density at radius 2 is 1.63 bits per heavy atom. The van der Waals surface area contributed by atoms with Gasteiger partial charge in [-0.3, -0.25) is 0 Å². The van der Waals surface area contributed by atoms with Gasteiger partial charge in [-0.05, 0) is 98.6 Å². The largest absolute Gasteiger partial charge is 0.489 e. The molecule has 3 aromatic carbocycles. The number of nitrogens with zero attached hydrogens (tertiary/aromatic N) is 1. The molecule has 0 saturated heterocycles. The fourth-order valence-electron chi connectivity index (χ4n) is 4.43. The second-order valence-electron chi connectivity index (χ2n) is 8.84. The zero-order valence-corrected chi connectivity index (χ0v) is 18.3. The van der Waals surface area contributed by atoms with Gasteiger partial charge in [-0.1, -0.05) is 60.7 Å². The summed E-state index contributed by atoms with van der Waals surface area (Å²) in [6.07, 6.45) is 6.37. The molecular weight excluding hydrogens is 366 g/mol. The summed E-state index contributed by atoms with van der Waals surface area (Å²) in [6, 6.07) is 25.9. The number of benzene rings is 3. The zero-order valence-electron chi connectivity index (χ0n) is 18.3. The van der Waals surface area contributed by atoms with Crippen molar-refractivity contribution in [2.75, 3.05) is 20.6 Å². The van der Waals surface area contributed by atoms with E-state index >= 15 is 0 Å². The summed E-state index contributed by atoms with van der Waals surface area (Å²) in [5, 5.41) is 0. The lowest BCUT2D eigenvalue weighted by molar-refractivity contribution is 0.305. The van der Waals surface area contributed by atoms with E-state index in [9.17, 15) is 0 Å². The molecule has 0 fully saturated rings. The number of hydrogen-bond donors (Lipinski definition) is 0. The van der Waals surface area contributed by atoms with E-state index in [1.807, 2.05) is 0 Å². The molecule has 1 atom stereocenters. The average molecular weight is 400 g/mol. The number of rotatable bonds is 8. The summed E-state index contributed by atoms with van der Waals surface area (Å²) in [4.78, 5) is 2.29. The van der Waals surface area contributed by atoms with Gasteiger partial charge in [0.1, 0.15) is 12.4 Å². The van der Waals surface area contributed by atoms with Crippen LogP contribution >= 0.6 is 0 Å². The third-order valence-corrected chi connectivity index (χ3v) is 6.19. The number of hydrogen-bond acceptors (Lipinski definition) is 2. The maximum atomic E-state index is 6.12. The van der Waals surface area contributed by atoms with Crippen molar-refractivity contribution < 1.29 is 4.74 Å². The standard InChI is InChI=1S/C28H33NO/c1-29(2)18-6-7-22-10-15-27-20-28(17-16-26(27)19-22)30-21-23-11-13-25(14-12-23)24-8-4-3-5-9-24/h3-5,8-9,11-14,16-17,20,22H,6-7,10,15,18-19,21H2,1-2H3. The Labute approximate surface area is 181 Å². The second-order valence-corrected chi connectivity index (χ2v) is 8.84. The van der Waals surface area contributed by atoms with Crippen LogP contribution < -0.4 is 4.74 Å². The van der Waals surface area contributed by atoms with E-state index in [0.717, 1.165) is 11.7 Å². The van der Waals surface area contributed by atoms with Gasteiger partial charge in [0.2, 0.25) is 0 Å². The fraction of sp³-hybridized carbons (Fsp3) is 0.357. The molecule has 30 heavy (non-hydrogen) atoms. The summed E-state index contributed by atoms with van der Waals surface area (Å²) in [6.45, 7) is 1.81. The van der Waals surface area contributed by atoms with Crippen LogP contribution in [0.2, 0.25) is 0 Å². The van der Waals surface area contributed by atoms with Crippen LogP contribution in [0.15, 0.2) is 72.8 Å². The lowest BCUT2D eigenvalue weighted by Gasteiger charge is -2.25. The Morgan fingerprint density at radius 1 is 0.867 bits per heavy atom. The van der Waals surface area contributed by atoms with Crippen LogP contribution in [0.1, 0.15) is 36.0 Å². The number of ether oxygens (including phenoxy) is 1. The van der Waals surface area contributed by atoms with Gasteiger partial charge in [0.05, 0.1) is 0 Å². The van der Waals surface area contributed by atoms with E-state index in [4.69, 9.17) is 4.74 Å². The summed E-state index contributed by atoms with van der Waals surface area (Å²) in [7, 11) is 4.32. The van der Waals surface area contributed by atoms with Crippen LogP contribution in [-0.2, 0) is 19.4 Å². The van der Waals surface area contributed by atoms with Crippen LogP contribution in [0.25, 0.3) is 11.1 Å². The monoisotopic (exact) mass is 399 g/mol. The van der Waals surface area contributed by atoms with Crippen molar-refractivity contribution in [3.05, 3.63) is 89.5 Å². The van der Waals surface area contributed by atoms with E-state index < -0.39 is 0 Å². The summed E-state index contributed by atoms with van der Waals surface area (Å²) in [5.74, 6) is 1.83. The summed E-state index contributed by atoms with van der Waals surface area (Å²) < 4.78 is 6.12. The van der Waals surface area contributed by atoms with E-state index in [-0.39, 0.29) is 0 Å². The molecule has 156 valence electrons. The molecule has 0 aromatic heterocycles. The highest BCUT2D eigenvalue weighted by Gasteiger charge is 2.19. The molecule has 1 aliphatic carbocycles. The molecule has 2 heteroatoms. The fourth-order valence-corrected chi connectivity index (χ4v) is 4.43. The Kier molecular flexibility index (Phi) is 6.86. The second kappa shape index (κ2) is 9.95. The molecule has 3 aromatic rings. The molecule has 0 heterocycles. The van der Waals surface area contributed by atoms with E-state index in [0.29, 0.717) is 6.61 Å². The van der Waals surface area contributed by atoms with Crippen molar-refractivity contribution in [1.29, 1.82) is 0 Å². The highest BCUT2D eigenvalue weighted by atomic mass is 16.5. The van der Waals surface area contributed by atoms with Crippen LogP contribution in [0.4, 0.5) is 0 Å². The van der Waals surface area contributed by atoms with Crippen molar-refractivity contribution in [2.45, 2.75) is 38.7 Å². The molecule has 0 saturated carbocycles. The maximum absolute atomic E-state index is 6.12.